The maximum Gasteiger partial charge on any atom is 0.278 e. The number of fused-ring (bicyclic) bond motifs is 6. The predicted octanol–water partition coefficient (Wildman–Crippen LogP) is 3.59. The van der Waals surface area contributed by atoms with Crippen molar-refractivity contribution in [2.24, 2.45) is 0 Å². The lowest BCUT2D eigenvalue weighted by Crippen LogP contribution is -2.44. The molecule has 2 aliphatic heterocycles. The van der Waals surface area contributed by atoms with E-state index in [1.165, 1.54) is 5.69 Å². The number of likely N-dealkylation sites (N-methyl/N-ethyl adjacent to an activating group) is 1. The molecule has 1 fully saturated rings. The summed E-state index contributed by atoms with van der Waals surface area (Å²) in [7, 11) is 2.16. The number of nitrogens with zero attached hydrogens (tertiary/aromatic N) is 7. The summed E-state index contributed by atoms with van der Waals surface area (Å²) in [5.41, 5.74) is 2.42. The summed E-state index contributed by atoms with van der Waals surface area (Å²) in [5.74, 6) is 1.52. The first-order valence-corrected chi connectivity index (χ1v) is 13.2. The number of rotatable bonds is 3. The van der Waals surface area contributed by atoms with Gasteiger partial charge in [-0.15, -0.1) is 0 Å². The number of allylic oxidation sites excluding steroid dienone is 2. The van der Waals surface area contributed by atoms with Crippen LogP contribution in [0.1, 0.15) is 19.3 Å². The smallest absolute Gasteiger partial charge is 0.278 e. The standard InChI is InChI=1S/C28H32N8O2/c1-33-15-17-34(18-16-33)22-12-10-21(11-13-22)30-28-29-20-23-26(32-28)36-24-8-7-9-25(31-24)38-19-6-4-2-3-5-14-35(36)27(23)37/h3,5,7-13,20H,2,4,6,14-19H2,1H3,(H,29,30,32)/b5-3-. The molecule has 0 aliphatic carbocycles. The van der Waals surface area contributed by atoms with E-state index >= 15 is 0 Å². The molecular weight excluding hydrogens is 480 g/mol. The molecule has 196 valence electrons. The summed E-state index contributed by atoms with van der Waals surface area (Å²) in [4.78, 5) is 32.0. The number of pyridine rings is 1. The molecule has 6 rings (SSSR count). The third-order valence-corrected chi connectivity index (χ3v) is 7.05. The van der Waals surface area contributed by atoms with Gasteiger partial charge in [0.1, 0.15) is 5.39 Å². The SMILES string of the molecule is CN1CCN(c2ccc(Nc3ncc4c(=O)n5n(c4n3)-c3cccc(n3)OCCCC/C=C\C5)cc2)CC1. The van der Waals surface area contributed by atoms with E-state index in [9.17, 15) is 4.79 Å². The van der Waals surface area contributed by atoms with Crippen LogP contribution in [0.3, 0.4) is 0 Å². The largest absolute Gasteiger partial charge is 0.478 e. The average molecular weight is 513 g/mol. The quantitative estimate of drug-likeness (QED) is 0.417. The van der Waals surface area contributed by atoms with Crippen molar-refractivity contribution in [1.82, 2.24) is 29.2 Å². The van der Waals surface area contributed by atoms with Gasteiger partial charge in [-0.3, -0.25) is 4.79 Å². The Hall–Kier alpha value is -4.18. The molecular formula is C28H32N8O2. The van der Waals surface area contributed by atoms with E-state index in [4.69, 9.17) is 9.72 Å². The van der Waals surface area contributed by atoms with E-state index in [1.54, 1.807) is 15.6 Å². The number of anilines is 3. The fourth-order valence-corrected chi connectivity index (χ4v) is 4.87. The molecule has 0 radical (unpaired) electrons. The Morgan fingerprint density at radius 2 is 1.79 bits per heavy atom. The van der Waals surface area contributed by atoms with Gasteiger partial charge in [-0.2, -0.15) is 9.97 Å². The van der Waals surface area contributed by atoms with Crippen LogP contribution in [0.25, 0.3) is 16.9 Å². The molecule has 0 saturated carbocycles. The minimum atomic E-state index is -0.157. The number of piperazine rings is 1. The van der Waals surface area contributed by atoms with Crippen molar-refractivity contribution in [3.63, 3.8) is 0 Å². The van der Waals surface area contributed by atoms with Crippen molar-refractivity contribution in [2.45, 2.75) is 25.8 Å². The van der Waals surface area contributed by atoms with Gasteiger partial charge in [-0.1, -0.05) is 18.2 Å². The summed E-state index contributed by atoms with van der Waals surface area (Å²) in [6, 6.07) is 13.9. The zero-order valence-electron chi connectivity index (χ0n) is 21.6. The highest BCUT2D eigenvalue weighted by atomic mass is 16.5. The highest BCUT2D eigenvalue weighted by Crippen LogP contribution is 2.23. The summed E-state index contributed by atoms with van der Waals surface area (Å²) < 4.78 is 9.28. The van der Waals surface area contributed by atoms with Crippen LogP contribution in [0.15, 0.2) is 65.6 Å². The van der Waals surface area contributed by atoms with Gasteiger partial charge in [0.15, 0.2) is 11.5 Å². The van der Waals surface area contributed by atoms with Crippen molar-refractivity contribution in [3.8, 4) is 11.7 Å². The normalized spacial score (nSPS) is 17.6. The Balaban J connectivity index is 1.34. The average Bonchev–Trinajstić information content (AvgIpc) is 3.22. The van der Waals surface area contributed by atoms with Gasteiger partial charge in [-0.25, -0.2) is 14.3 Å². The molecule has 2 aliphatic rings. The van der Waals surface area contributed by atoms with Crippen molar-refractivity contribution < 1.29 is 4.74 Å². The van der Waals surface area contributed by atoms with Gasteiger partial charge in [-0.05, 0) is 56.6 Å². The predicted molar refractivity (Wildman–Crippen MR) is 149 cm³/mol. The van der Waals surface area contributed by atoms with Crippen LogP contribution in [-0.4, -0.2) is 69.0 Å². The molecule has 38 heavy (non-hydrogen) atoms. The molecule has 5 heterocycles. The van der Waals surface area contributed by atoms with Crippen molar-refractivity contribution in [1.29, 1.82) is 0 Å². The third kappa shape index (κ3) is 4.99. The highest BCUT2D eigenvalue weighted by Gasteiger charge is 2.19. The molecule has 0 unspecified atom stereocenters. The molecule has 0 spiro atoms. The Morgan fingerprint density at radius 1 is 0.947 bits per heavy atom. The number of hydrogen-bond donors (Lipinski definition) is 1. The van der Waals surface area contributed by atoms with Crippen LogP contribution >= 0.6 is 0 Å². The van der Waals surface area contributed by atoms with Gasteiger partial charge in [0.25, 0.3) is 5.56 Å². The van der Waals surface area contributed by atoms with Crippen molar-refractivity contribution >= 4 is 28.4 Å². The molecule has 1 saturated heterocycles. The summed E-state index contributed by atoms with van der Waals surface area (Å²) >= 11 is 0. The summed E-state index contributed by atoms with van der Waals surface area (Å²) in [6.45, 7) is 5.19. The Labute approximate surface area is 221 Å². The molecule has 3 aromatic heterocycles. The van der Waals surface area contributed by atoms with Gasteiger partial charge < -0.3 is 19.9 Å². The fraction of sp³-hybridized carbons (Fsp3) is 0.357. The minimum absolute atomic E-state index is 0.157. The topological polar surface area (TPSA) is 93.3 Å². The molecule has 1 aromatic carbocycles. The van der Waals surface area contributed by atoms with Crippen LogP contribution in [0.2, 0.25) is 0 Å². The number of ether oxygens (including phenoxy) is 1. The first-order valence-electron chi connectivity index (χ1n) is 13.2. The van der Waals surface area contributed by atoms with E-state index in [0.29, 0.717) is 41.8 Å². The first kappa shape index (κ1) is 24.2. The second-order valence-electron chi connectivity index (χ2n) is 9.74. The number of benzene rings is 1. The maximum atomic E-state index is 13.4. The summed E-state index contributed by atoms with van der Waals surface area (Å²) in [5, 5.41) is 3.74. The van der Waals surface area contributed by atoms with Gasteiger partial charge in [0.2, 0.25) is 11.8 Å². The highest BCUT2D eigenvalue weighted by molar-refractivity contribution is 5.77. The molecule has 0 amide bonds. The Morgan fingerprint density at radius 3 is 2.63 bits per heavy atom. The van der Waals surface area contributed by atoms with E-state index in [0.717, 1.165) is 51.1 Å². The van der Waals surface area contributed by atoms with Gasteiger partial charge in [0, 0.05) is 49.8 Å². The van der Waals surface area contributed by atoms with E-state index in [-0.39, 0.29) is 5.56 Å². The monoisotopic (exact) mass is 512 g/mol. The molecule has 10 nitrogen and oxygen atoms in total. The molecule has 2 bridgehead atoms. The fourth-order valence-electron chi connectivity index (χ4n) is 4.87. The van der Waals surface area contributed by atoms with Crippen LogP contribution in [0, 0.1) is 0 Å². The Bertz CT molecular complexity index is 1500. The molecule has 10 heteroatoms. The van der Waals surface area contributed by atoms with Crippen LogP contribution in [0.5, 0.6) is 5.88 Å². The zero-order chi connectivity index (χ0) is 25.9. The molecule has 4 aromatic rings. The van der Waals surface area contributed by atoms with Crippen LogP contribution < -0.4 is 20.5 Å². The lowest BCUT2D eigenvalue weighted by molar-refractivity contribution is 0.295. The number of hydrogen-bond acceptors (Lipinski definition) is 8. The second kappa shape index (κ2) is 10.7. The van der Waals surface area contributed by atoms with Crippen LogP contribution in [0.4, 0.5) is 17.3 Å². The van der Waals surface area contributed by atoms with E-state index in [2.05, 4.69) is 50.3 Å². The molecule has 0 atom stereocenters. The lowest BCUT2D eigenvalue weighted by atomic mass is 10.2. The zero-order valence-corrected chi connectivity index (χ0v) is 21.6. The van der Waals surface area contributed by atoms with Gasteiger partial charge in [0.05, 0.1) is 13.2 Å². The van der Waals surface area contributed by atoms with E-state index in [1.807, 2.05) is 36.4 Å². The summed E-state index contributed by atoms with van der Waals surface area (Å²) in [6.07, 6.45) is 8.62. The molecule has 1 N–H and O–H groups in total. The number of nitrogens with one attached hydrogen (secondary N) is 1. The van der Waals surface area contributed by atoms with Crippen molar-refractivity contribution in [3.05, 3.63) is 71.2 Å². The third-order valence-electron chi connectivity index (χ3n) is 7.05. The Kier molecular flexibility index (Phi) is 6.78. The maximum absolute atomic E-state index is 13.4. The number of aromatic nitrogens is 5. The van der Waals surface area contributed by atoms with Gasteiger partial charge >= 0.3 is 0 Å². The van der Waals surface area contributed by atoms with E-state index < -0.39 is 0 Å². The first-order chi connectivity index (χ1) is 18.7. The van der Waals surface area contributed by atoms with Crippen molar-refractivity contribution in [2.75, 3.05) is 50.1 Å². The van der Waals surface area contributed by atoms with Crippen LogP contribution in [-0.2, 0) is 6.54 Å². The lowest BCUT2D eigenvalue weighted by Gasteiger charge is -2.34. The minimum Gasteiger partial charge on any atom is -0.478 e. The second-order valence-corrected chi connectivity index (χ2v) is 9.74.